The molecule has 0 radical (unpaired) electrons. The van der Waals surface area contributed by atoms with Crippen molar-refractivity contribution in [3.05, 3.63) is 12.2 Å². The molecule has 0 amide bonds. The maximum atomic E-state index is 11.0. The fraction of sp³-hybridized carbons (Fsp3) is 0.875. The average Bonchev–Trinajstić information content (AvgIpc) is 2.97. The summed E-state index contributed by atoms with van der Waals surface area (Å²) < 4.78 is 0. The van der Waals surface area contributed by atoms with Crippen molar-refractivity contribution in [3.63, 3.8) is 0 Å². The first kappa shape index (κ1) is 19.5. The van der Waals surface area contributed by atoms with E-state index in [1.807, 2.05) is 6.08 Å². The Hall–Kier alpha value is -0.830. The number of hydrogen-bond acceptors (Lipinski definition) is 2. The van der Waals surface area contributed by atoms with Crippen LogP contribution in [0, 0.1) is 46.3 Å². The Balaban J connectivity index is 1.54. The van der Waals surface area contributed by atoms with Crippen LogP contribution in [0.1, 0.15) is 78.6 Å². The Morgan fingerprint density at radius 3 is 2.44 bits per heavy atom. The number of carboxylic acids is 1. The van der Waals surface area contributed by atoms with E-state index >= 15 is 0 Å². The maximum Gasteiger partial charge on any atom is 0.327 e. The predicted molar refractivity (Wildman–Crippen MR) is 107 cm³/mol. The van der Waals surface area contributed by atoms with Gasteiger partial charge in [0.2, 0.25) is 0 Å². The van der Waals surface area contributed by atoms with Gasteiger partial charge in [0.15, 0.2) is 0 Å². The van der Waals surface area contributed by atoms with E-state index < -0.39 is 5.97 Å². The molecule has 4 rings (SSSR count). The quantitative estimate of drug-likeness (QED) is 0.661. The lowest BCUT2D eigenvalue weighted by Gasteiger charge is -2.61. The van der Waals surface area contributed by atoms with Gasteiger partial charge in [-0.2, -0.15) is 0 Å². The molecule has 1 unspecified atom stereocenters. The van der Waals surface area contributed by atoms with Gasteiger partial charge in [0.1, 0.15) is 0 Å². The van der Waals surface area contributed by atoms with Crippen molar-refractivity contribution in [2.75, 3.05) is 0 Å². The first-order valence-electron chi connectivity index (χ1n) is 11.3. The van der Waals surface area contributed by atoms with E-state index in [1.54, 1.807) is 0 Å². The zero-order chi connectivity index (χ0) is 19.4. The standard InChI is InChI=1S/C24H38O3/c1-15(4-9-22(26)27)19-7-8-20-18-6-5-16-14-17(25)10-12-23(16,2)21(18)11-13-24(19,20)3/h4,9,15-21,25H,5-8,10-14H2,1-3H3,(H,26,27)/t15-,16?,17+,18+,19-,20+,21+,23+,24-/m1/s1. The lowest BCUT2D eigenvalue weighted by atomic mass is 9.44. The molecule has 0 spiro atoms. The van der Waals surface area contributed by atoms with Crippen molar-refractivity contribution in [2.45, 2.75) is 84.7 Å². The Kier molecular flexibility index (Phi) is 4.98. The number of hydrogen-bond donors (Lipinski definition) is 2. The molecule has 3 nitrogen and oxygen atoms in total. The van der Waals surface area contributed by atoms with Gasteiger partial charge in [-0.1, -0.05) is 26.8 Å². The number of aliphatic hydroxyl groups is 1. The van der Waals surface area contributed by atoms with Crippen LogP contribution in [0.15, 0.2) is 12.2 Å². The molecule has 27 heavy (non-hydrogen) atoms. The van der Waals surface area contributed by atoms with Crippen LogP contribution in [0.25, 0.3) is 0 Å². The topological polar surface area (TPSA) is 57.5 Å². The van der Waals surface area contributed by atoms with Crippen molar-refractivity contribution >= 4 is 5.97 Å². The molecular formula is C24H38O3. The molecule has 0 aromatic heterocycles. The third kappa shape index (κ3) is 3.09. The molecule has 0 aliphatic heterocycles. The van der Waals surface area contributed by atoms with E-state index in [-0.39, 0.29) is 6.10 Å². The minimum absolute atomic E-state index is 0.0637. The highest BCUT2D eigenvalue weighted by Gasteiger charge is 2.60. The van der Waals surface area contributed by atoms with Gasteiger partial charge in [-0.25, -0.2) is 4.79 Å². The molecule has 9 atom stereocenters. The fourth-order valence-corrected chi connectivity index (χ4v) is 8.51. The third-order valence-corrected chi connectivity index (χ3v) is 9.89. The summed E-state index contributed by atoms with van der Waals surface area (Å²) in [6.07, 6.45) is 14.4. The van der Waals surface area contributed by atoms with Crippen LogP contribution in [0.2, 0.25) is 0 Å². The molecule has 0 aromatic rings. The molecule has 4 fully saturated rings. The minimum Gasteiger partial charge on any atom is -0.478 e. The first-order valence-corrected chi connectivity index (χ1v) is 11.3. The highest BCUT2D eigenvalue weighted by molar-refractivity contribution is 5.79. The fourth-order valence-electron chi connectivity index (χ4n) is 8.51. The van der Waals surface area contributed by atoms with E-state index in [1.165, 1.54) is 51.0 Å². The lowest BCUT2D eigenvalue weighted by molar-refractivity contribution is -0.131. The summed E-state index contributed by atoms with van der Waals surface area (Å²) in [4.78, 5) is 11.0. The van der Waals surface area contributed by atoms with Gasteiger partial charge < -0.3 is 10.2 Å². The third-order valence-electron chi connectivity index (χ3n) is 9.89. The van der Waals surface area contributed by atoms with Crippen molar-refractivity contribution in [1.29, 1.82) is 0 Å². The second-order valence-electron chi connectivity index (χ2n) is 10.9. The summed E-state index contributed by atoms with van der Waals surface area (Å²) >= 11 is 0. The highest BCUT2D eigenvalue weighted by atomic mass is 16.4. The molecule has 4 aliphatic carbocycles. The molecule has 2 N–H and O–H groups in total. The number of fused-ring (bicyclic) bond motifs is 5. The van der Waals surface area contributed by atoms with E-state index in [0.717, 1.165) is 36.5 Å². The molecule has 0 heterocycles. The number of carbonyl (C=O) groups is 1. The zero-order valence-corrected chi connectivity index (χ0v) is 17.4. The van der Waals surface area contributed by atoms with Crippen molar-refractivity contribution in [3.8, 4) is 0 Å². The minimum atomic E-state index is -0.823. The summed E-state index contributed by atoms with van der Waals surface area (Å²) in [5.74, 6) is 3.37. The number of allylic oxidation sites excluding steroid dienone is 1. The summed E-state index contributed by atoms with van der Waals surface area (Å²) in [7, 11) is 0. The lowest BCUT2D eigenvalue weighted by Crippen LogP contribution is -2.54. The second kappa shape index (κ2) is 6.90. The highest BCUT2D eigenvalue weighted by Crippen LogP contribution is 2.68. The van der Waals surface area contributed by atoms with Gasteiger partial charge >= 0.3 is 5.97 Å². The van der Waals surface area contributed by atoms with E-state index in [9.17, 15) is 9.90 Å². The Labute approximate surface area is 164 Å². The number of aliphatic hydroxyl groups excluding tert-OH is 1. The Bertz CT molecular complexity index is 613. The molecule has 152 valence electrons. The molecule has 0 saturated heterocycles. The van der Waals surface area contributed by atoms with Crippen LogP contribution in [-0.2, 0) is 4.79 Å². The SMILES string of the molecule is C[C@H](C=CC(=O)O)[C@H]1CC[C@H]2[C@@H]3CCC4C[C@@H](O)CC[C@]4(C)[C@H]3CC[C@]12C. The Morgan fingerprint density at radius 2 is 1.70 bits per heavy atom. The van der Waals surface area contributed by atoms with E-state index in [4.69, 9.17) is 5.11 Å². The van der Waals surface area contributed by atoms with E-state index in [0.29, 0.717) is 22.7 Å². The van der Waals surface area contributed by atoms with Gasteiger partial charge in [0.25, 0.3) is 0 Å². The predicted octanol–water partition coefficient (Wildman–Crippen LogP) is 5.28. The van der Waals surface area contributed by atoms with Crippen LogP contribution in [0.5, 0.6) is 0 Å². The Morgan fingerprint density at radius 1 is 1.00 bits per heavy atom. The van der Waals surface area contributed by atoms with Gasteiger partial charge in [0.05, 0.1) is 6.10 Å². The zero-order valence-electron chi connectivity index (χ0n) is 17.4. The van der Waals surface area contributed by atoms with Gasteiger partial charge in [-0.05, 0) is 104 Å². The van der Waals surface area contributed by atoms with Gasteiger partial charge in [-0.3, -0.25) is 0 Å². The first-order chi connectivity index (χ1) is 12.8. The van der Waals surface area contributed by atoms with Crippen LogP contribution in [0.4, 0.5) is 0 Å². The van der Waals surface area contributed by atoms with Crippen LogP contribution in [0.3, 0.4) is 0 Å². The van der Waals surface area contributed by atoms with Gasteiger partial charge in [-0.15, -0.1) is 0 Å². The summed E-state index contributed by atoms with van der Waals surface area (Å²) in [5, 5.41) is 19.2. The smallest absolute Gasteiger partial charge is 0.327 e. The summed E-state index contributed by atoms with van der Waals surface area (Å²) in [6, 6.07) is 0. The van der Waals surface area contributed by atoms with Crippen LogP contribution in [-0.4, -0.2) is 22.3 Å². The molecular weight excluding hydrogens is 336 g/mol. The largest absolute Gasteiger partial charge is 0.478 e. The molecule has 3 heteroatoms. The summed E-state index contributed by atoms with van der Waals surface area (Å²) in [5.41, 5.74) is 0.817. The van der Waals surface area contributed by atoms with Gasteiger partial charge in [0, 0.05) is 6.08 Å². The number of rotatable bonds is 3. The molecule has 0 aromatic carbocycles. The average molecular weight is 375 g/mol. The van der Waals surface area contributed by atoms with Crippen molar-refractivity contribution < 1.29 is 15.0 Å². The molecule has 4 saturated carbocycles. The monoisotopic (exact) mass is 374 g/mol. The number of aliphatic carboxylic acids is 1. The van der Waals surface area contributed by atoms with Crippen LogP contribution < -0.4 is 0 Å². The van der Waals surface area contributed by atoms with Crippen molar-refractivity contribution in [2.24, 2.45) is 46.3 Å². The van der Waals surface area contributed by atoms with Crippen molar-refractivity contribution in [1.82, 2.24) is 0 Å². The van der Waals surface area contributed by atoms with Crippen LogP contribution >= 0.6 is 0 Å². The number of carboxylic acid groups (broad SMARTS) is 1. The summed E-state index contributed by atoms with van der Waals surface area (Å²) in [6.45, 7) is 7.30. The normalized spacial score (nSPS) is 50.7. The molecule has 4 aliphatic rings. The van der Waals surface area contributed by atoms with E-state index in [2.05, 4.69) is 20.8 Å². The maximum absolute atomic E-state index is 11.0. The molecule has 0 bridgehead atoms. The second-order valence-corrected chi connectivity index (χ2v) is 10.9.